The summed E-state index contributed by atoms with van der Waals surface area (Å²) >= 11 is 6.07. The molecule has 1 aliphatic heterocycles. The normalized spacial score (nSPS) is 23.1. The summed E-state index contributed by atoms with van der Waals surface area (Å²) in [6, 6.07) is 5.40. The molecule has 1 aromatic carbocycles. The molecule has 5 heteroatoms. The van der Waals surface area contributed by atoms with Gasteiger partial charge in [0.2, 0.25) is 0 Å². The minimum absolute atomic E-state index is 0.0122. The van der Waals surface area contributed by atoms with E-state index in [9.17, 15) is 4.79 Å². The average molecular weight is 269 g/mol. The van der Waals surface area contributed by atoms with Crippen molar-refractivity contribution in [1.82, 2.24) is 10.6 Å². The fourth-order valence-corrected chi connectivity index (χ4v) is 2.42. The molecule has 1 heterocycles. The number of aryl methyl sites for hydroxylation is 1. The molecule has 1 unspecified atom stereocenters. The molecule has 0 spiro atoms. The van der Waals surface area contributed by atoms with Crippen LogP contribution in [-0.4, -0.2) is 38.3 Å². The van der Waals surface area contributed by atoms with Crippen LogP contribution in [0.2, 0.25) is 5.02 Å². The summed E-state index contributed by atoms with van der Waals surface area (Å²) in [5.74, 6) is -0.157. The van der Waals surface area contributed by atoms with Gasteiger partial charge < -0.3 is 15.4 Å². The van der Waals surface area contributed by atoms with Gasteiger partial charge in [0.05, 0.1) is 22.7 Å². The van der Waals surface area contributed by atoms with Crippen LogP contribution >= 0.6 is 11.6 Å². The van der Waals surface area contributed by atoms with Crippen LogP contribution in [-0.2, 0) is 4.74 Å². The molecular weight excluding hydrogens is 252 g/mol. The Morgan fingerprint density at radius 3 is 2.94 bits per heavy atom. The summed E-state index contributed by atoms with van der Waals surface area (Å²) in [4.78, 5) is 12.1. The lowest BCUT2D eigenvalue weighted by molar-refractivity contribution is 0.0780. The number of carbonyl (C=O) groups is 1. The smallest absolute Gasteiger partial charge is 0.253 e. The van der Waals surface area contributed by atoms with Gasteiger partial charge in [-0.2, -0.15) is 0 Å². The van der Waals surface area contributed by atoms with Crippen LogP contribution in [0.1, 0.15) is 15.9 Å². The number of hydrogen-bond acceptors (Lipinski definition) is 3. The number of hydrogen-bond donors (Lipinski definition) is 2. The van der Waals surface area contributed by atoms with Gasteiger partial charge in [0.25, 0.3) is 5.91 Å². The molecule has 2 N–H and O–H groups in total. The molecule has 18 heavy (non-hydrogen) atoms. The number of benzene rings is 1. The summed E-state index contributed by atoms with van der Waals surface area (Å²) in [5.41, 5.74) is 1.54. The molecule has 1 fully saturated rings. The highest BCUT2D eigenvalue weighted by Gasteiger charge is 2.28. The van der Waals surface area contributed by atoms with Crippen molar-refractivity contribution < 1.29 is 9.53 Å². The zero-order chi connectivity index (χ0) is 13.1. The fourth-order valence-electron chi connectivity index (χ4n) is 2.10. The largest absolute Gasteiger partial charge is 0.378 e. The lowest BCUT2D eigenvalue weighted by Gasteiger charge is -2.18. The van der Waals surface area contributed by atoms with E-state index in [-0.39, 0.29) is 18.1 Å². The van der Waals surface area contributed by atoms with Gasteiger partial charge in [-0.05, 0) is 24.6 Å². The van der Waals surface area contributed by atoms with Crippen molar-refractivity contribution in [2.75, 3.05) is 20.2 Å². The van der Waals surface area contributed by atoms with E-state index in [1.165, 1.54) is 0 Å². The first-order valence-corrected chi connectivity index (χ1v) is 6.30. The Bertz CT molecular complexity index is 451. The Balaban J connectivity index is 2.07. The second-order valence-corrected chi connectivity index (χ2v) is 4.90. The molecule has 0 radical (unpaired) electrons. The van der Waals surface area contributed by atoms with E-state index in [2.05, 4.69) is 10.6 Å². The quantitative estimate of drug-likeness (QED) is 0.871. The molecule has 0 aliphatic carbocycles. The van der Waals surface area contributed by atoms with Gasteiger partial charge in [-0.1, -0.05) is 17.7 Å². The van der Waals surface area contributed by atoms with Crippen LogP contribution in [0.25, 0.3) is 0 Å². The first-order valence-electron chi connectivity index (χ1n) is 5.92. The maximum absolute atomic E-state index is 12.1. The molecule has 0 saturated carbocycles. The molecule has 1 saturated heterocycles. The third kappa shape index (κ3) is 2.83. The van der Waals surface area contributed by atoms with Crippen LogP contribution in [0, 0.1) is 6.92 Å². The third-order valence-corrected chi connectivity index (χ3v) is 3.46. The zero-order valence-electron chi connectivity index (χ0n) is 10.5. The number of methoxy groups -OCH3 is 1. The fraction of sp³-hybridized carbons (Fsp3) is 0.462. The van der Waals surface area contributed by atoms with Crippen LogP contribution in [0.5, 0.6) is 0 Å². The van der Waals surface area contributed by atoms with Gasteiger partial charge in [-0.15, -0.1) is 0 Å². The van der Waals surface area contributed by atoms with Crippen LogP contribution in [0.4, 0.5) is 0 Å². The van der Waals surface area contributed by atoms with Crippen LogP contribution in [0.15, 0.2) is 18.2 Å². The van der Waals surface area contributed by atoms with E-state index in [1.807, 2.05) is 13.0 Å². The van der Waals surface area contributed by atoms with Crippen LogP contribution < -0.4 is 10.6 Å². The van der Waals surface area contributed by atoms with E-state index in [0.717, 1.165) is 12.1 Å². The van der Waals surface area contributed by atoms with E-state index in [4.69, 9.17) is 16.3 Å². The number of amides is 1. The van der Waals surface area contributed by atoms with Gasteiger partial charge in [0, 0.05) is 20.2 Å². The van der Waals surface area contributed by atoms with Crippen molar-refractivity contribution in [3.63, 3.8) is 0 Å². The topological polar surface area (TPSA) is 50.4 Å². The highest BCUT2D eigenvalue weighted by Crippen LogP contribution is 2.18. The standard InChI is InChI=1S/C13H17ClN2O2/c1-8-3-4-9(10(14)5-8)13(17)16-11-6-15-7-12(11)18-2/h3-5,11-12,15H,6-7H2,1-2H3,(H,16,17)/t11?,12-/m0/s1. The molecule has 2 atom stereocenters. The predicted octanol–water partition coefficient (Wildman–Crippen LogP) is 1.37. The van der Waals surface area contributed by atoms with Gasteiger partial charge in [0.15, 0.2) is 0 Å². The van der Waals surface area contributed by atoms with E-state index in [1.54, 1.807) is 19.2 Å². The summed E-state index contributed by atoms with van der Waals surface area (Å²) in [6.07, 6.45) is 0.0122. The number of ether oxygens (including phenoxy) is 1. The Morgan fingerprint density at radius 1 is 1.50 bits per heavy atom. The monoisotopic (exact) mass is 268 g/mol. The van der Waals surface area contributed by atoms with Crippen molar-refractivity contribution in [1.29, 1.82) is 0 Å². The molecule has 0 bridgehead atoms. The van der Waals surface area contributed by atoms with Crippen LogP contribution in [0.3, 0.4) is 0 Å². The molecule has 1 aromatic rings. The van der Waals surface area contributed by atoms with Crippen molar-refractivity contribution in [3.05, 3.63) is 34.3 Å². The molecular formula is C13H17ClN2O2. The Morgan fingerprint density at radius 2 is 2.28 bits per heavy atom. The summed E-state index contributed by atoms with van der Waals surface area (Å²) in [6.45, 7) is 3.41. The Hall–Kier alpha value is -1.10. The number of carbonyl (C=O) groups excluding carboxylic acids is 1. The van der Waals surface area contributed by atoms with Crippen molar-refractivity contribution >= 4 is 17.5 Å². The predicted molar refractivity (Wildman–Crippen MR) is 71.1 cm³/mol. The van der Waals surface area contributed by atoms with E-state index >= 15 is 0 Å². The summed E-state index contributed by atoms with van der Waals surface area (Å²) in [7, 11) is 1.65. The SMILES string of the molecule is CO[C@H]1CNCC1NC(=O)c1ccc(C)cc1Cl. The highest BCUT2D eigenvalue weighted by atomic mass is 35.5. The molecule has 98 valence electrons. The van der Waals surface area contributed by atoms with Crippen molar-refractivity contribution in [2.45, 2.75) is 19.1 Å². The number of nitrogens with one attached hydrogen (secondary N) is 2. The van der Waals surface area contributed by atoms with Gasteiger partial charge in [-0.3, -0.25) is 4.79 Å². The third-order valence-electron chi connectivity index (χ3n) is 3.15. The summed E-state index contributed by atoms with van der Waals surface area (Å²) < 4.78 is 5.30. The van der Waals surface area contributed by atoms with Gasteiger partial charge in [-0.25, -0.2) is 0 Å². The minimum atomic E-state index is -0.157. The lowest BCUT2D eigenvalue weighted by atomic mass is 10.1. The average Bonchev–Trinajstić information content (AvgIpc) is 2.76. The molecule has 1 amide bonds. The number of halogens is 1. The van der Waals surface area contributed by atoms with Gasteiger partial charge in [0.1, 0.15) is 0 Å². The van der Waals surface area contributed by atoms with E-state index in [0.29, 0.717) is 17.1 Å². The molecule has 1 aliphatic rings. The Kier molecular flexibility index (Phi) is 4.22. The van der Waals surface area contributed by atoms with Crippen molar-refractivity contribution in [2.24, 2.45) is 0 Å². The molecule has 0 aromatic heterocycles. The van der Waals surface area contributed by atoms with Crippen molar-refractivity contribution in [3.8, 4) is 0 Å². The Labute approximate surface area is 112 Å². The molecule has 2 rings (SSSR count). The first-order chi connectivity index (χ1) is 8.61. The lowest BCUT2D eigenvalue weighted by Crippen LogP contribution is -2.43. The van der Waals surface area contributed by atoms with Gasteiger partial charge >= 0.3 is 0 Å². The maximum Gasteiger partial charge on any atom is 0.253 e. The second kappa shape index (κ2) is 5.69. The number of rotatable bonds is 3. The second-order valence-electron chi connectivity index (χ2n) is 4.50. The minimum Gasteiger partial charge on any atom is -0.378 e. The first kappa shape index (κ1) is 13.3. The molecule has 4 nitrogen and oxygen atoms in total. The summed E-state index contributed by atoms with van der Waals surface area (Å²) in [5, 5.41) is 6.61. The zero-order valence-corrected chi connectivity index (χ0v) is 11.3. The highest BCUT2D eigenvalue weighted by molar-refractivity contribution is 6.33. The maximum atomic E-state index is 12.1. The van der Waals surface area contributed by atoms with E-state index < -0.39 is 0 Å².